The molecule has 0 N–H and O–H groups in total. The first kappa shape index (κ1) is 19.9. The summed E-state index contributed by atoms with van der Waals surface area (Å²) in [4.78, 5) is 25.7. The number of benzene rings is 1. The van der Waals surface area contributed by atoms with Crippen molar-refractivity contribution in [1.82, 2.24) is 14.9 Å². The highest BCUT2D eigenvalue weighted by molar-refractivity contribution is 5.97. The predicted octanol–water partition coefficient (Wildman–Crippen LogP) is 1.90. The van der Waals surface area contributed by atoms with Gasteiger partial charge < -0.3 is 19.1 Å². The smallest absolute Gasteiger partial charge is 0.225 e. The average Bonchev–Trinajstić information content (AvgIpc) is 2.77. The fourth-order valence-corrected chi connectivity index (χ4v) is 3.27. The van der Waals surface area contributed by atoms with Gasteiger partial charge in [0.15, 0.2) is 17.3 Å². The molecule has 150 valence electrons. The van der Waals surface area contributed by atoms with Crippen LogP contribution in [0.1, 0.15) is 16.8 Å². The zero-order chi connectivity index (χ0) is 19.9. The number of nitrogens with zero attached hydrogens (tertiary/aromatic N) is 4. The fourth-order valence-electron chi connectivity index (χ4n) is 3.27. The Hall–Kier alpha value is -2.87. The van der Waals surface area contributed by atoms with E-state index in [4.69, 9.17) is 14.2 Å². The summed E-state index contributed by atoms with van der Waals surface area (Å²) in [6.07, 6.45) is 3.94. The Kier molecular flexibility index (Phi) is 6.65. The third-order valence-corrected chi connectivity index (χ3v) is 4.85. The molecule has 0 aliphatic carbocycles. The van der Waals surface area contributed by atoms with E-state index in [9.17, 15) is 4.79 Å². The molecule has 28 heavy (non-hydrogen) atoms. The molecule has 0 spiro atoms. The molecule has 0 radical (unpaired) electrons. The van der Waals surface area contributed by atoms with Gasteiger partial charge in [-0.05, 0) is 18.2 Å². The first-order valence-electron chi connectivity index (χ1n) is 9.23. The van der Waals surface area contributed by atoms with Crippen LogP contribution < -0.4 is 19.1 Å². The summed E-state index contributed by atoms with van der Waals surface area (Å²) in [5.41, 5.74) is 0.561. The van der Waals surface area contributed by atoms with Gasteiger partial charge in [-0.25, -0.2) is 9.97 Å². The number of aromatic nitrogens is 2. The topological polar surface area (TPSA) is 77.0 Å². The molecule has 2 aromatic rings. The molecular weight excluding hydrogens is 360 g/mol. The molecule has 2 heterocycles. The van der Waals surface area contributed by atoms with Gasteiger partial charge in [0.25, 0.3) is 0 Å². The number of anilines is 1. The third-order valence-electron chi connectivity index (χ3n) is 4.85. The Morgan fingerprint density at radius 1 is 0.964 bits per heavy atom. The van der Waals surface area contributed by atoms with Crippen molar-refractivity contribution in [2.24, 2.45) is 0 Å². The van der Waals surface area contributed by atoms with Gasteiger partial charge in [0.05, 0.1) is 21.3 Å². The van der Waals surface area contributed by atoms with E-state index in [1.54, 1.807) is 45.9 Å². The number of piperazine rings is 1. The molecule has 8 nitrogen and oxygen atoms in total. The van der Waals surface area contributed by atoms with Crippen molar-refractivity contribution in [2.75, 3.05) is 59.0 Å². The molecule has 1 aromatic carbocycles. The second-order valence-electron chi connectivity index (χ2n) is 6.46. The average molecular weight is 386 g/mol. The molecule has 1 aliphatic heterocycles. The maximum Gasteiger partial charge on any atom is 0.225 e. The molecule has 0 amide bonds. The Morgan fingerprint density at radius 2 is 1.57 bits per heavy atom. The maximum absolute atomic E-state index is 12.7. The second kappa shape index (κ2) is 9.36. The number of carbonyl (C=O) groups is 1. The zero-order valence-electron chi connectivity index (χ0n) is 16.6. The predicted molar refractivity (Wildman–Crippen MR) is 106 cm³/mol. The molecule has 0 bridgehead atoms. The number of Topliss-reactive ketones (excluding diaryl/α,β-unsaturated/α-hetero) is 1. The van der Waals surface area contributed by atoms with Crippen LogP contribution in [0.4, 0.5) is 5.95 Å². The van der Waals surface area contributed by atoms with Gasteiger partial charge in [0.1, 0.15) is 0 Å². The first-order valence-corrected chi connectivity index (χ1v) is 9.23. The van der Waals surface area contributed by atoms with Gasteiger partial charge in [-0.1, -0.05) is 0 Å². The van der Waals surface area contributed by atoms with Crippen molar-refractivity contribution in [2.45, 2.75) is 6.42 Å². The Balaban J connectivity index is 1.56. The van der Waals surface area contributed by atoms with E-state index in [2.05, 4.69) is 19.8 Å². The van der Waals surface area contributed by atoms with Crippen molar-refractivity contribution in [1.29, 1.82) is 0 Å². The van der Waals surface area contributed by atoms with Crippen LogP contribution in [-0.4, -0.2) is 74.7 Å². The fraction of sp³-hybridized carbons (Fsp3) is 0.450. The van der Waals surface area contributed by atoms with E-state index in [1.165, 1.54) is 0 Å². The molecule has 1 saturated heterocycles. The van der Waals surface area contributed by atoms with Crippen molar-refractivity contribution in [3.63, 3.8) is 0 Å². The largest absolute Gasteiger partial charge is 0.493 e. The molecule has 1 aromatic heterocycles. The normalized spacial score (nSPS) is 14.6. The standard InChI is InChI=1S/C20H26N4O4/c1-26-17-13-15(14-18(27-2)19(17)28-3)16(25)5-8-23-9-11-24(12-10-23)20-21-6-4-7-22-20/h4,6-7,13-14H,5,8-12H2,1-3H3. The SMILES string of the molecule is COc1cc(C(=O)CCN2CCN(c3ncccn3)CC2)cc(OC)c1OC. The van der Waals surface area contributed by atoms with E-state index < -0.39 is 0 Å². The number of hydrogen-bond donors (Lipinski definition) is 0. The summed E-state index contributed by atoms with van der Waals surface area (Å²) in [7, 11) is 4.63. The minimum absolute atomic E-state index is 0.0491. The lowest BCUT2D eigenvalue weighted by molar-refractivity contribution is 0.0961. The van der Waals surface area contributed by atoms with Gasteiger partial charge >= 0.3 is 0 Å². The molecule has 8 heteroatoms. The highest BCUT2D eigenvalue weighted by Crippen LogP contribution is 2.38. The van der Waals surface area contributed by atoms with Crippen LogP contribution in [0.3, 0.4) is 0 Å². The Bertz CT molecular complexity index is 767. The number of hydrogen-bond acceptors (Lipinski definition) is 8. The highest BCUT2D eigenvalue weighted by atomic mass is 16.5. The van der Waals surface area contributed by atoms with E-state index in [1.807, 2.05) is 6.07 Å². The summed E-state index contributed by atoms with van der Waals surface area (Å²) in [6, 6.07) is 5.22. The summed E-state index contributed by atoms with van der Waals surface area (Å²) >= 11 is 0. The van der Waals surface area contributed by atoms with Gasteiger partial charge in [0, 0.05) is 57.1 Å². The molecule has 1 fully saturated rings. The van der Waals surface area contributed by atoms with Crippen molar-refractivity contribution < 1.29 is 19.0 Å². The quantitative estimate of drug-likeness (QED) is 0.637. The van der Waals surface area contributed by atoms with Gasteiger partial charge in [-0.3, -0.25) is 9.69 Å². The molecule has 1 aliphatic rings. The number of carbonyl (C=O) groups excluding carboxylic acids is 1. The number of methoxy groups -OCH3 is 3. The highest BCUT2D eigenvalue weighted by Gasteiger charge is 2.21. The van der Waals surface area contributed by atoms with E-state index in [-0.39, 0.29) is 5.78 Å². The lowest BCUT2D eigenvalue weighted by atomic mass is 10.1. The zero-order valence-corrected chi connectivity index (χ0v) is 16.6. The van der Waals surface area contributed by atoms with Crippen LogP contribution in [0, 0.1) is 0 Å². The molecule has 3 rings (SSSR count). The number of ketones is 1. The number of rotatable bonds is 8. The minimum atomic E-state index is 0.0491. The van der Waals surface area contributed by atoms with Crippen molar-refractivity contribution in [3.05, 3.63) is 36.2 Å². The summed E-state index contributed by atoms with van der Waals surface area (Å²) in [5, 5.41) is 0. The van der Waals surface area contributed by atoms with Gasteiger partial charge in [-0.2, -0.15) is 0 Å². The molecule has 0 unspecified atom stereocenters. The van der Waals surface area contributed by atoms with E-state index in [0.717, 1.165) is 32.1 Å². The number of ether oxygens (including phenoxy) is 3. The second-order valence-corrected chi connectivity index (χ2v) is 6.46. The van der Waals surface area contributed by atoms with E-state index >= 15 is 0 Å². The van der Waals surface area contributed by atoms with Crippen molar-refractivity contribution in [3.8, 4) is 17.2 Å². The monoisotopic (exact) mass is 386 g/mol. The van der Waals surface area contributed by atoms with Crippen LogP contribution in [0.15, 0.2) is 30.6 Å². The first-order chi connectivity index (χ1) is 13.7. The van der Waals surface area contributed by atoms with Crippen LogP contribution >= 0.6 is 0 Å². The van der Waals surface area contributed by atoms with Crippen LogP contribution in [0.5, 0.6) is 17.2 Å². The molecule has 0 atom stereocenters. The maximum atomic E-state index is 12.7. The van der Waals surface area contributed by atoms with Crippen LogP contribution in [-0.2, 0) is 0 Å². The van der Waals surface area contributed by atoms with Gasteiger partial charge in [0.2, 0.25) is 11.7 Å². The van der Waals surface area contributed by atoms with Crippen LogP contribution in [0.25, 0.3) is 0 Å². The summed E-state index contributed by atoms with van der Waals surface area (Å²) < 4.78 is 16.0. The molecule has 0 saturated carbocycles. The van der Waals surface area contributed by atoms with Gasteiger partial charge in [-0.15, -0.1) is 0 Å². The minimum Gasteiger partial charge on any atom is -0.493 e. The summed E-state index contributed by atoms with van der Waals surface area (Å²) in [5.74, 6) is 2.27. The van der Waals surface area contributed by atoms with Crippen molar-refractivity contribution >= 4 is 11.7 Å². The Morgan fingerprint density at radius 3 is 2.11 bits per heavy atom. The van der Waals surface area contributed by atoms with E-state index in [0.29, 0.717) is 35.8 Å². The Labute approximate surface area is 165 Å². The lowest BCUT2D eigenvalue weighted by Gasteiger charge is -2.34. The summed E-state index contributed by atoms with van der Waals surface area (Å²) in [6.45, 7) is 4.16. The third kappa shape index (κ3) is 4.51. The molecular formula is C20H26N4O4. The van der Waals surface area contributed by atoms with Crippen LogP contribution in [0.2, 0.25) is 0 Å². The lowest BCUT2D eigenvalue weighted by Crippen LogP contribution is -2.47.